The quantitative estimate of drug-likeness (QED) is 0.479. The molecule has 1 rings (SSSR count). The second-order valence-electron chi connectivity index (χ2n) is 5.98. The van der Waals surface area contributed by atoms with E-state index >= 15 is 0 Å². The zero-order valence-electron chi connectivity index (χ0n) is 15.5. The fourth-order valence-corrected chi connectivity index (χ4v) is 2.13. The van der Waals surface area contributed by atoms with E-state index in [2.05, 4.69) is 16.0 Å². The maximum Gasteiger partial charge on any atom is 0.239 e. The minimum Gasteiger partial charge on any atom is -0.495 e. The van der Waals surface area contributed by atoms with Gasteiger partial charge >= 0.3 is 0 Å². The number of amides is 3. The number of ether oxygens (including phenoxy) is 1. The number of carbonyl (C=O) groups is 3. The SMILES string of the molecule is COc1ccc(Cl)cc1NC(=O)CCNC(=O)CNC(=O)[C@@H](N)C(C)C.Cl. The van der Waals surface area contributed by atoms with Gasteiger partial charge in [-0.2, -0.15) is 0 Å². The van der Waals surface area contributed by atoms with Crippen LogP contribution in [0, 0.1) is 5.92 Å². The molecule has 0 spiro atoms. The Bertz CT molecular complexity index is 656. The molecule has 0 fully saturated rings. The number of nitrogens with one attached hydrogen (secondary N) is 3. The average Bonchev–Trinajstić information content (AvgIpc) is 2.59. The second-order valence-corrected chi connectivity index (χ2v) is 6.42. The van der Waals surface area contributed by atoms with Crippen LogP contribution in [0.25, 0.3) is 0 Å². The Labute approximate surface area is 169 Å². The van der Waals surface area contributed by atoms with Crippen molar-refractivity contribution in [3.05, 3.63) is 23.2 Å². The Balaban J connectivity index is 0.00000676. The minimum absolute atomic E-state index is 0. The third kappa shape index (κ3) is 8.94. The number of anilines is 1. The Kier molecular flexibility index (Phi) is 11.4. The number of hydrogen-bond donors (Lipinski definition) is 4. The smallest absolute Gasteiger partial charge is 0.239 e. The van der Waals surface area contributed by atoms with Gasteiger partial charge in [0, 0.05) is 18.0 Å². The van der Waals surface area contributed by atoms with Gasteiger partial charge in [0.1, 0.15) is 5.75 Å². The van der Waals surface area contributed by atoms with Crippen molar-refractivity contribution in [3.63, 3.8) is 0 Å². The van der Waals surface area contributed by atoms with E-state index in [0.717, 1.165) is 0 Å². The van der Waals surface area contributed by atoms with E-state index in [4.69, 9.17) is 22.1 Å². The Morgan fingerprint density at radius 1 is 1.19 bits per heavy atom. The molecular weight excluding hydrogens is 395 g/mol. The van der Waals surface area contributed by atoms with Crippen molar-refractivity contribution in [2.24, 2.45) is 11.7 Å². The van der Waals surface area contributed by atoms with Crippen molar-refractivity contribution in [3.8, 4) is 5.75 Å². The summed E-state index contributed by atoms with van der Waals surface area (Å²) in [6.45, 7) is 3.57. The van der Waals surface area contributed by atoms with Crippen LogP contribution in [0.1, 0.15) is 20.3 Å². The molecule has 0 radical (unpaired) electrons. The highest BCUT2D eigenvalue weighted by Crippen LogP contribution is 2.27. The summed E-state index contributed by atoms with van der Waals surface area (Å²) in [5.74, 6) is -0.638. The van der Waals surface area contributed by atoms with Crippen molar-refractivity contribution in [2.45, 2.75) is 26.3 Å². The molecule has 0 aliphatic heterocycles. The molecule has 0 saturated heterocycles. The van der Waals surface area contributed by atoms with Crippen LogP contribution in [0.2, 0.25) is 5.02 Å². The molecule has 27 heavy (non-hydrogen) atoms. The van der Waals surface area contributed by atoms with Gasteiger partial charge in [0.15, 0.2) is 0 Å². The Hall–Kier alpha value is -2.03. The van der Waals surface area contributed by atoms with E-state index in [1.54, 1.807) is 18.2 Å². The number of methoxy groups -OCH3 is 1. The number of hydrogen-bond acceptors (Lipinski definition) is 5. The van der Waals surface area contributed by atoms with Crippen molar-refractivity contribution in [1.29, 1.82) is 0 Å². The second kappa shape index (κ2) is 12.4. The molecule has 1 atom stereocenters. The molecule has 5 N–H and O–H groups in total. The van der Waals surface area contributed by atoms with Crippen LogP contribution >= 0.6 is 24.0 Å². The number of nitrogens with two attached hydrogens (primary N) is 1. The molecule has 0 aromatic heterocycles. The third-order valence-electron chi connectivity index (χ3n) is 3.55. The summed E-state index contributed by atoms with van der Waals surface area (Å²) in [4.78, 5) is 35.3. The Morgan fingerprint density at radius 3 is 2.44 bits per heavy atom. The van der Waals surface area contributed by atoms with E-state index in [0.29, 0.717) is 16.5 Å². The molecule has 8 nitrogen and oxygen atoms in total. The molecule has 0 unspecified atom stereocenters. The maximum atomic E-state index is 12.0. The predicted molar refractivity (Wildman–Crippen MR) is 107 cm³/mol. The van der Waals surface area contributed by atoms with Crippen LogP contribution in [0.4, 0.5) is 5.69 Å². The minimum atomic E-state index is -0.666. The van der Waals surface area contributed by atoms with E-state index < -0.39 is 11.9 Å². The molecule has 1 aromatic rings. The molecule has 10 heteroatoms. The highest BCUT2D eigenvalue weighted by Gasteiger charge is 2.17. The summed E-state index contributed by atoms with van der Waals surface area (Å²) in [6.07, 6.45) is 0.0564. The molecular formula is C17H26Cl2N4O4. The lowest BCUT2D eigenvalue weighted by Crippen LogP contribution is -2.47. The van der Waals surface area contributed by atoms with E-state index in [1.807, 2.05) is 13.8 Å². The van der Waals surface area contributed by atoms with Gasteiger partial charge in [0.25, 0.3) is 0 Å². The third-order valence-corrected chi connectivity index (χ3v) is 3.79. The van der Waals surface area contributed by atoms with Crippen molar-refractivity contribution in [2.75, 3.05) is 25.5 Å². The summed E-state index contributed by atoms with van der Waals surface area (Å²) in [6, 6.07) is 4.20. The first-order valence-electron chi connectivity index (χ1n) is 8.18. The average molecular weight is 421 g/mol. The first-order valence-corrected chi connectivity index (χ1v) is 8.55. The lowest BCUT2D eigenvalue weighted by Gasteiger charge is -2.15. The summed E-state index contributed by atoms with van der Waals surface area (Å²) < 4.78 is 5.14. The first kappa shape index (κ1) is 25.0. The number of rotatable bonds is 9. The van der Waals surface area contributed by atoms with E-state index in [-0.39, 0.29) is 49.6 Å². The van der Waals surface area contributed by atoms with E-state index in [1.165, 1.54) is 7.11 Å². The van der Waals surface area contributed by atoms with Gasteiger partial charge < -0.3 is 26.4 Å². The monoisotopic (exact) mass is 420 g/mol. The van der Waals surface area contributed by atoms with Gasteiger partial charge in [-0.05, 0) is 24.1 Å². The zero-order valence-corrected chi connectivity index (χ0v) is 17.1. The summed E-state index contributed by atoms with van der Waals surface area (Å²) in [5.41, 5.74) is 6.13. The van der Waals surface area contributed by atoms with Crippen LogP contribution in [0.15, 0.2) is 18.2 Å². The molecule has 1 aromatic carbocycles. The highest BCUT2D eigenvalue weighted by atomic mass is 35.5. The maximum absolute atomic E-state index is 12.0. The summed E-state index contributed by atoms with van der Waals surface area (Å²) in [7, 11) is 1.48. The lowest BCUT2D eigenvalue weighted by molar-refractivity contribution is -0.127. The van der Waals surface area contributed by atoms with Crippen LogP contribution in [-0.4, -0.2) is 44.0 Å². The molecule has 0 aliphatic carbocycles. The lowest BCUT2D eigenvalue weighted by atomic mass is 10.1. The fourth-order valence-electron chi connectivity index (χ4n) is 1.96. The van der Waals surface area contributed by atoms with Crippen LogP contribution in [-0.2, 0) is 14.4 Å². The van der Waals surface area contributed by atoms with Gasteiger partial charge in [-0.25, -0.2) is 0 Å². The molecule has 0 heterocycles. The van der Waals surface area contributed by atoms with Crippen LogP contribution in [0.3, 0.4) is 0 Å². The number of carbonyl (C=O) groups excluding carboxylic acids is 3. The zero-order chi connectivity index (χ0) is 19.7. The Morgan fingerprint density at radius 2 is 1.85 bits per heavy atom. The normalized spacial score (nSPS) is 11.2. The highest BCUT2D eigenvalue weighted by molar-refractivity contribution is 6.31. The molecule has 152 valence electrons. The molecule has 0 saturated carbocycles. The summed E-state index contributed by atoms with van der Waals surface area (Å²) >= 11 is 5.90. The van der Waals surface area contributed by atoms with Gasteiger partial charge in [-0.1, -0.05) is 25.4 Å². The molecule has 0 bridgehead atoms. The number of halogens is 2. The van der Waals surface area contributed by atoms with Crippen molar-refractivity contribution >= 4 is 47.4 Å². The molecule has 3 amide bonds. The van der Waals surface area contributed by atoms with Crippen molar-refractivity contribution in [1.82, 2.24) is 10.6 Å². The van der Waals surface area contributed by atoms with Gasteiger partial charge in [-0.3, -0.25) is 14.4 Å². The first-order chi connectivity index (χ1) is 12.2. The van der Waals surface area contributed by atoms with Crippen LogP contribution < -0.4 is 26.4 Å². The number of benzene rings is 1. The van der Waals surface area contributed by atoms with Gasteiger partial charge in [0.2, 0.25) is 17.7 Å². The molecule has 0 aliphatic rings. The van der Waals surface area contributed by atoms with Gasteiger partial charge in [0.05, 0.1) is 25.4 Å². The van der Waals surface area contributed by atoms with Crippen LogP contribution in [0.5, 0.6) is 5.75 Å². The van der Waals surface area contributed by atoms with Gasteiger partial charge in [-0.15, -0.1) is 12.4 Å². The topological polar surface area (TPSA) is 123 Å². The fraction of sp³-hybridized carbons (Fsp3) is 0.471. The summed E-state index contributed by atoms with van der Waals surface area (Å²) in [5, 5.41) is 8.14. The standard InChI is InChI=1S/C17H25ClN4O4.ClH/c1-10(2)16(19)17(25)21-9-15(24)20-7-6-14(23)22-12-8-11(18)4-5-13(12)26-3;/h4-5,8,10,16H,6-7,9,19H2,1-3H3,(H,20,24)(H,21,25)(H,22,23);1H/t16-;/m0./s1. The van der Waals surface area contributed by atoms with E-state index in [9.17, 15) is 14.4 Å². The largest absolute Gasteiger partial charge is 0.495 e. The predicted octanol–water partition coefficient (Wildman–Crippen LogP) is 1.31. The van der Waals surface area contributed by atoms with Crippen molar-refractivity contribution < 1.29 is 19.1 Å².